The number of nitrogens with two attached hydrogens (primary N) is 1. The predicted molar refractivity (Wildman–Crippen MR) is 65.9 cm³/mol. The first-order valence-electron chi connectivity index (χ1n) is 5.64. The molecule has 15 heavy (non-hydrogen) atoms. The van der Waals surface area contributed by atoms with E-state index in [-0.39, 0.29) is 17.4 Å². The van der Waals surface area contributed by atoms with Crippen LogP contribution in [0.25, 0.3) is 0 Å². The summed E-state index contributed by atoms with van der Waals surface area (Å²) in [7, 11) is 0. The number of nitrogens with one attached hydrogen (secondary N) is 1. The monoisotopic (exact) mass is 230 g/mol. The Morgan fingerprint density at radius 2 is 2.40 bits per heavy atom. The minimum Gasteiger partial charge on any atom is -0.356 e. The lowest BCUT2D eigenvalue weighted by Crippen LogP contribution is -2.47. The maximum atomic E-state index is 11.9. The molecule has 0 aromatic heterocycles. The summed E-state index contributed by atoms with van der Waals surface area (Å²) in [6.07, 6.45) is 6.11. The van der Waals surface area contributed by atoms with Crippen molar-refractivity contribution in [3.63, 3.8) is 0 Å². The molecule has 0 aliphatic heterocycles. The van der Waals surface area contributed by atoms with E-state index in [2.05, 4.69) is 11.6 Å². The van der Waals surface area contributed by atoms with Gasteiger partial charge in [0.1, 0.15) is 0 Å². The first-order valence-corrected chi connectivity index (χ1v) is 7.03. The van der Waals surface area contributed by atoms with Crippen LogP contribution in [0.3, 0.4) is 0 Å². The Balaban J connectivity index is 2.32. The molecule has 1 fully saturated rings. The van der Waals surface area contributed by atoms with Gasteiger partial charge in [-0.3, -0.25) is 4.79 Å². The minimum atomic E-state index is -0.320. The fourth-order valence-electron chi connectivity index (χ4n) is 2.10. The van der Waals surface area contributed by atoms with E-state index >= 15 is 0 Å². The highest BCUT2D eigenvalue weighted by Gasteiger charge is 2.42. The van der Waals surface area contributed by atoms with Crippen molar-refractivity contribution in [2.24, 2.45) is 11.1 Å². The van der Waals surface area contributed by atoms with Crippen LogP contribution >= 0.6 is 11.8 Å². The third-order valence-corrected chi connectivity index (χ3v) is 4.06. The Kier molecular flexibility index (Phi) is 4.93. The Morgan fingerprint density at radius 3 is 2.93 bits per heavy atom. The van der Waals surface area contributed by atoms with Crippen molar-refractivity contribution >= 4 is 17.7 Å². The summed E-state index contributed by atoms with van der Waals surface area (Å²) in [4.78, 5) is 11.9. The van der Waals surface area contributed by atoms with E-state index in [0.717, 1.165) is 38.0 Å². The average Bonchev–Trinajstić information content (AvgIpc) is 2.55. The van der Waals surface area contributed by atoms with E-state index in [9.17, 15) is 4.79 Å². The molecule has 0 radical (unpaired) electrons. The molecular formula is C11H22N2OS. The smallest absolute Gasteiger partial charge is 0.227 e. The number of rotatable bonds is 5. The Morgan fingerprint density at radius 1 is 1.67 bits per heavy atom. The quantitative estimate of drug-likeness (QED) is 0.701. The predicted octanol–water partition coefficient (Wildman–Crippen LogP) is 1.37. The molecule has 0 heterocycles. The summed E-state index contributed by atoms with van der Waals surface area (Å²) in [6, 6.07) is 0.0399. The third kappa shape index (κ3) is 3.11. The Labute approximate surface area is 96.6 Å². The number of carbonyl (C=O) groups is 1. The molecule has 1 saturated carbocycles. The van der Waals surface area contributed by atoms with Crippen LogP contribution in [-0.2, 0) is 4.79 Å². The van der Waals surface area contributed by atoms with Crippen LogP contribution in [0, 0.1) is 5.41 Å². The third-order valence-electron chi connectivity index (χ3n) is 3.36. The van der Waals surface area contributed by atoms with Crippen molar-refractivity contribution < 1.29 is 4.79 Å². The van der Waals surface area contributed by atoms with Gasteiger partial charge in [0.25, 0.3) is 0 Å². The number of hydrogen-bond acceptors (Lipinski definition) is 3. The highest BCUT2D eigenvalue weighted by atomic mass is 32.2. The minimum absolute atomic E-state index is 0.0399. The van der Waals surface area contributed by atoms with E-state index in [0.29, 0.717) is 0 Å². The fraction of sp³-hybridized carbons (Fsp3) is 0.909. The molecule has 3 nitrogen and oxygen atoms in total. The lowest BCUT2D eigenvalue weighted by atomic mass is 9.84. The number of hydrogen-bond donors (Lipinski definition) is 2. The number of carbonyl (C=O) groups excluding carboxylic acids is 1. The first-order chi connectivity index (χ1) is 7.11. The van der Waals surface area contributed by atoms with Gasteiger partial charge >= 0.3 is 0 Å². The summed E-state index contributed by atoms with van der Waals surface area (Å²) in [6.45, 7) is 2.77. The largest absolute Gasteiger partial charge is 0.356 e. The first kappa shape index (κ1) is 12.8. The molecule has 0 bridgehead atoms. The van der Waals surface area contributed by atoms with Crippen molar-refractivity contribution in [2.75, 3.05) is 18.6 Å². The molecule has 0 spiro atoms. The lowest BCUT2D eigenvalue weighted by molar-refractivity contribution is -0.130. The molecule has 4 heteroatoms. The molecule has 1 aliphatic rings. The van der Waals surface area contributed by atoms with E-state index in [1.54, 1.807) is 0 Å². The van der Waals surface area contributed by atoms with E-state index in [1.165, 1.54) is 0 Å². The van der Waals surface area contributed by atoms with Gasteiger partial charge < -0.3 is 11.1 Å². The maximum Gasteiger partial charge on any atom is 0.227 e. The van der Waals surface area contributed by atoms with Crippen LogP contribution in [0.1, 0.15) is 32.6 Å². The van der Waals surface area contributed by atoms with Crippen LogP contribution in [-0.4, -0.2) is 30.5 Å². The van der Waals surface area contributed by atoms with Crippen molar-refractivity contribution in [3.8, 4) is 0 Å². The normalized spacial score (nSPS) is 30.5. The molecular weight excluding hydrogens is 208 g/mol. The van der Waals surface area contributed by atoms with Gasteiger partial charge in [0.2, 0.25) is 5.91 Å². The molecule has 1 amide bonds. The van der Waals surface area contributed by atoms with Crippen LogP contribution in [0.4, 0.5) is 0 Å². The molecule has 1 aliphatic carbocycles. The SMILES string of the molecule is CSCCCNC(=O)C1(C)CCCC1N. The van der Waals surface area contributed by atoms with Gasteiger partial charge in [-0.05, 0) is 38.2 Å². The summed E-state index contributed by atoms with van der Waals surface area (Å²) in [5.41, 5.74) is 5.66. The average molecular weight is 230 g/mol. The second kappa shape index (κ2) is 5.75. The molecule has 2 unspecified atom stereocenters. The van der Waals surface area contributed by atoms with E-state index in [1.807, 2.05) is 18.7 Å². The van der Waals surface area contributed by atoms with Gasteiger partial charge in [-0.15, -0.1) is 0 Å². The zero-order chi connectivity index (χ0) is 11.3. The Bertz CT molecular complexity index is 223. The number of thioether (sulfide) groups is 1. The van der Waals surface area contributed by atoms with Gasteiger partial charge in [0.15, 0.2) is 0 Å². The molecule has 3 N–H and O–H groups in total. The lowest BCUT2D eigenvalue weighted by Gasteiger charge is -2.27. The number of amides is 1. The molecule has 1 rings (SSSR count). The van der Waals surface area contributed by atoms with Crippen LogP contribution in [0.15, 0.2) is 0 Å². The molecule has 88 valence electrons. The zero-order valence-electron chi connectivity index (χ0n) is 9.71. The van der Waals surface area contributed by atoms with Crippen LogP contribution in [0.2, 0.25) is 0 Å². The topological polar surface area (TPSA) is 55.1 Å². The zero-order valence-corrected chi connectivity index (χ0v) is 10.5. The Hall–Kier alpha value is -0.220. The summed E-state index contributed by atoms with van der Waals surface area (Å²) in [5.74, 6) is 1.25. The molecule has 0 aromatic rings. The summed E-state index contributed by atoms with van der Waals surface area (Å²) < 4.78 is 0. The van der Waals surface area contributed by atoms with Gasteiger partial charge in [0.05, 0.1) is 5.41 Å². The van der Waals surface area contributed by atoms with Gasteiger partial charge in [-0.1, -0.05) is 6.42 Å². The van der Waals surface area contributed by atoms with E-state index < -0.39 is 0 Å². The standard InChI is InChI=1S/C11H22N2OS/c1-11(6-3-5-9(11)12)10(14)13-7-4-8-15-2/h9H,3-8,12H2,1-2H3,(H,13,14). The van der Waals surface area contributed by atoms with Gasteiger partial charge in [-0.25, -0.2) is 0 Å². The molecule has 2 atom stereocenters. The van der Waals surface area contributed by atoms with Crippen molar-refractivity contribution in [3.05, 3.63) is 0 Å². The highest BCUT2D eigenvalue weighted by molar-refractivity contribution is 7.98. The van der Waals surface area contributed by atoms with E-state index in [4.69, 9.17) is 5.73 Å². The van der Waals surface area contributed by atoms with Gasteiger partial charge in [0, 0.05) is 12.6 Å². The van der Waals surface area contributed by atoms with Crippen molar-refractivity contribution in [1.82, 2.24) is 5.32 Å². The van der Waals surface area contributed by atoms with Crippen molar-refractivity contribution in [2.45, 2.75) is 38.6 Å². The summed E-state index contributed by atoms with van der Waals surface area (Å²) in [5, 5.41) is 3.00. The second-order valence-electron chi connectivity index (χ2n) is 4.52. The van der Waals surface area contributed by atoms with Gasteiger partial charge in [-0.2, -0.15) is 11.8 Å². The van der Waals surface area contributed by atoms with Crippen LogP contribution in [0.5, 0.6) is 0 Å². The summed E-state index contributed by atoms with van der Waals surface area (Å²) >= 11 is 1.81. The highest BCUT2D eigenvalue weighted by Crippen LogP contribution is 2.36. The molecule has 0 saturated heterocycles. The fourth-order valence-corrected chi connectivity index (χ4v) is 2.53. The van der Waals surface area contributed by atoms with Crippen LogP contribution < -0.4 is 11.1 Å². The second-order valence-corrected chi connectivity index (χ2v) is 5.50. The molecule has 0 aromatic carbocycles. The maximum absolute atomic E-state index is 11.9. The van der Waals surface area contributed by atoms with Crippen molar-refractivity contribution in [1.29, 1.82) is 0 Å².